The van der Waals surface area contributed by atoms with Gasteiger partial charge >= 0.3 is 8.53 Å². The summed E-state index contributed by atoms with van der Waals surface area (Å²) in [5.74, 6) is 2.10. The number of hydrogen-bond acceptors (Lipinski definition) is 4. The number of methoxy groups -OCH3 is 1. The van der Waals surface area contributed by atoms with Gasteiger partial charge in [0.05, 0.1) is 6.61 Å². The molecule has 28 heavy (non-hydrogen) atoms. The van der Waals surface area contributed by atoms with Gasteiger partial charge in [-0.25, -0.2) is 4.67 Å². The second-order valence-corrected chi connectivity index (χ2v) is 9.85. The number of hydrogen-bond donors (Lipinski definition) is 0. The van der Waals surface area contributed by atoms with E-state index >= 15 is 0 Å². The summed E-state index contributed by atoms with van der Waals surface area (Å²) in [6, 6.07) is 13.6. The van der Waals surface area contributed by atoms with Gasteiger partial charge < -0.3 is 13.8 Å². The third-order valence-corrected chi connectivity index (χ3v) is 8.74. The summed E-state index contributed by atoms with van der Waals surface area (Å²) in [6.07, 6.45) is 6.92. The van der Waals surface area contributed by atoms with Crippen LogP contribution in [-0.4, -0.2) is 31.0 Å². The molecule has 1 atom stereocenters. The Morgan fingerprint density at radius 3 is 2.29 bits per heavy atom. The first-order valence-electron chi connectivity index (χ1n) is 10.5. The van der Waals surface area contributed by atoms with Crippen LogP contribution in [0.4, 0.5) is 0 Å². The summed E-state index contributed by atoms with van der Waals surface area (Å²) >= 11 is 0. The molecule has 1 unspecified atom stereocenters. The van der Waals surface area contributed by atoms with E-state index in [1.54, 1.807) is 7.11 Å². The number of nitrogens with zero attached hydrogens (tertiary/aromatic N) is 1. The number of rotatable bonds is 3. The third kappa shape index (κ3) is 2.35. The molecule has 0 radical (unpaired) electrons. The van der Waals surface area contributed by atoms with Gasteiger partial charge in [0.1, 0.15) is 11.5 Å². The molecule has 1 fully saturated rings. The molecule has 0 N–H and O–H groups in total. The van der Waals surface area contributed by atoms with Crippen LogP contribution >= 0.6 is 8.53 Å². The van der Waals surface area contributed by atoms with Crippen LogP contribution in [0.25, 0.3) is 0 Å². The highest BCUT2D eigenvalue weighted by Gasteiger charge is 2.51. The van der Waals surface area contributed by atoms with Gasteiger partial charge in [0, 0.05) is 36.2 Å². The molecule has 0 aromatic heterocycles. The smallest absolute Gasteiger partial charge is 0.384 e. The van der Waals surface area contributed by atoms with E-state index in [1.165, 1.54) is 41.5 Å². The van der Waals surface area contributed by atoms with Gasteiger partial charge in [-0.3, -0.25) is 0 Å². The predicted molar refractivity (Wildman–Crippen MR) is 110 cm³/mol. The van der Waals surface area contributed by atoms with Crippen molar-refractivity contribution in [3.63, 3.8) is 0 Å². The Labute approximate surface area is 167 Å². The lowest BCUT2D eigenvalue weighted by Crippen LogP contribution is -2.33. The molecule has 146 valence electrons. The highest BCUT2D eigenvalue weighted by atomic mass is 31.2. The molecule has 2 aromatic rings. The molecule has 1 saturated heterocycles. The van der Waals surface area contributed by atoms with Gasteiger partial charge in [-0.1, -0.05) is 24.3 Å². The quantitative estimate of drug-likeness (QED) is 0.687. The predicted octanol–water partition coefficient (Wildman–Crippen LogP) is 4.97. The summed E-state index contributed by atoms with van der Waals surface area (Å²) in [7, 11) is 0.586. The van der Waals surface area contributed by atoms with E-state index < -0.39 is 8.53 Å². The van der Waals surface area contributed by atoms with Crippen molar-refractivity contribution in [3.05, 3.63) is 58.7 Å². The summed E-state index contributed by atoms with van der Waals surface area (Å²) in [5, 5.41) is 0. The first-order valence-corrected chi connectivity index (χ1v) is 11.6. The Hall–Kier alpha value is -1.61. The van der Waals surface area contributed by atoms with Crippen LogP contribution in [0.1, 0.15) is 47.9 Å². The van der Waals surface area contributed by atoms with Crippen molar-refractivity contribution in [1.29, 1.82) is 0 Å². The van der Waals surface area contributed by atoms with Gasteiger partial charge in [-0.15, -0.1) is 0 Å². The fourth-order valence-corrected chi connectivity index (χ4v) is 7.58. The monoisotopic (exact) mass is 395 g/mol. The minimum absolute atomic E-state index is 0.0796. The molecule has 0 saturated carbocycles. The van der Waals surface area contributed by atoms with Crippen LogP contribution in [0, 0.1) is 0 Å². The van der Waals surface area contributed by atoms with Gasteiger partial charge in [-0.05, 0) is 61.8 Å². The van der Waals surface area contributed by atoms with Crippen LogP contribution in [0.15, 0.2) is 36.4 Å². The summed E-state index contributed by atoms with van der Waals surface area (Å²) in [5.41, 5.74) is 5.90. The van der Waals surface area contributed by atoms with Gasteiger partial charge in [-0.2, -0.15) is 0 Å². The molecule has 0 bridgehead atoms. The fraction of sp³-hybridized carbons (Fsp3) is 0.478. The Bertz CT molecular complexity index is 867. The highest BCUT2D eigenvalue weighted by Crippen LogP contribution is 2.62. The van der Waals surface area contributed by atoms with E-state index in [2.05, 4.69) is 41.1 Å². The van der Waals surface area contributed by atoms with Gasteiger partial charge in [0.2, 0.25) is 0 Å². The van der Waals surface area contributed by atoms with E-state index in [4.69, 9.17) is 13.8 Å². The molecular formula is C23H26NO3P. The Morgan fingerprint density at radius 2 is 1.68 bits per heavy atom. The summed E-state index contributed by atoms with van der Waals surface area (Å²) < 4.78 is 21.3. The second-order valence-electron chi connectivity index (χ2n) is 8.50. The van der Waals surface area contributed by atoms with Crippen LogP contribution in [0.5, 0.6) is 11.5 Å². The van der Waals surface area contributed by atoms with Crippen molar-refractivity contribution in [1.82, 2.24) is 4.67 Å². The zero-order chi connectivity index (χ0) is 18.7. The topological polar surface area (TPSA) is 30.9 Å². The standard InChI is InChI=1S/C23H26NO3P/c1-25-15-18-7-4-14-24(18)28-26-19-8-2-5-16-10-12-23(21(16)19)13-11-17-6-3-9-20(27-28)22(17)23/h2-3,5-6,8-9,18H,4,7,10-15H2,1H3. The normalized spacial score (nSPS) is 24.8. The SMILES string of the molecule is COCC1CCCN1P1Oc2cccc3c2C2(CC3)CCc3cccc(c32)O1. The van der Waals surface area contributed by atoms with E-state index in [0.717, 1.165) is 43.9 Å². The van der Waals surface area contributed by atoms with Crippen LogP contribution < -0.4 is 9.05 Å². The van der Waals surface area contributed by atoms with Crippen LogP contribution in [-0.2, 0) is 23.0 Å². The van der Waals surface area contributed by atoms with Crippen molar-refractivity contribution in [3.8, 4) is 11.5 Å². The highest BCUT2D eigenvalue weighted by molar-refractivity contribution is 7.45. The molecule has 2 aromatic carbocycles. The second kappa shape index (κ2) is 6.45. The van der Waals surface area contributed by atoms with Crippen LogP contribution in [0.2, 0.25) is 0 Å². The number of benzene rings is 2. The molecule has 1 spiro atoms. The maximum absolute atomic E-state index is 6.71. The van der Waals surface area contributed by atoms with Gasteiger partial charge in [0.25, 0.3) is 0 Å². The Balaban J connectivity index is 1.51. The van der Waals surface area contributed by atoms with Crippen molar-refractivity contribution in [2.45, 2.75) is 50.0 Å². The maximum Gasteiger partial charge on any atom is 0.384 e. The van der Waals surface area contributed by atoms with E-state index in [-0.39, 0.29) is 5.41 Å². The van der Waals surface area contributed by atoms with Crippen LogP contribution in [0.3, 0.4) is 0 Å². The average molecular weight is 395 g/mol. The minimum atomic E-state index is -1.20. The molecule has 0 amide bonds. The maximum atomic E-state index is 6.71. The summed E-state index contributed by atoms with van der Waals surface area (Å²) in [6.45, 7) is 1.74. The lowest BCUT2D eigenvalue weighted by molar-refractivity contribution is 0.144. The van der Waals surface area contributed by atoms with E-state index in [0.29, 0.717) is 6.04 Å². The Kier molecular flexibility index (Phi) is 3.98. The average Bonchev–Trinajstić information content (AvgIpc) is 3.40. The van der Waals surface area contributed by atoms with Crippen molar-refractivity contribution in [2.75, 3.05) is 20.3 Å². The molecule has 2 aliphatic heterocycles. The van der Waals surface area contributed by atoms with Crippen molar-refractivity contribution < 1.29 is 13.8 Å². The zero-order valence-electron chi connectivity index (χ0n) is 16.3. The molecule has 4 aliphatic rings. The lowest BCUT2D eigenvalue weighted by Gasteiger charge is -2.37. The van der Waals surface area contributed by atoms with E-state index in [1.807, 2.05) is 0 Å². The fourth-order valence-electron chi connectivity index (χ4n) is 5.94. The minimum Gasteiger partial charge on any atom is -0.427 e. The number of ether oxygens (including phenoxy) is 1. The molecule has 4 nitrogen and oxygen atoms in total. The molecule has 6 rings (SSSR count). The molecule has 2 heterocycles. The van der Waals surface area contributed by atoms with Crippen molar-refractivity contribution >= 4 is 8.53 Å². The van der Waals surface area contributed by atoms with E-state index in [9.17, 15) is 0 Å². The van der Waals surface area contributed by atoms with Crippen molar-refractivity contribution in [2.24, 2.45) is 0 Å². The largest absolute Gasteiger partial charge is 0.427 e. The number of aryl methyl sites for hydroxylation is 2. The molecule has 5 heteroatoms. The first-order chi connectivity index (χ1) is 13.8. The molecule has 2 aliphatic carbocycles. The molecular weight excluding hydrogens is 369 g/mol. The Morgan fingerprint density at radius 1 is 1.04 bits per heavy atom. The third-order valence-electron chi connectivity index (χ3n) is 7.09. The van der Waals surface area contributed by atoms with Gasteiger partial charge in [0.15, 0.2) is 0 Å². The lowest BCUT2D eigenvalue weighted by atomic mass is 9.76. The zero-order valence-corrected chi connectivity index (χ0v) is 17.2. The first kappa shape index (κ1) is 17.3. The summed E-state index contributed by atoms with van der Waals surface area (Å²) in [4.78, 5) is 0.